The molecule has 18 heavy (non-hydrogen) atoms. The van der Waals surface area contributed by atoms with Crippen LogP contribution >= 0.6 is 0 Å². The van der Waals surface area contributed by atoms with Crippen LogP contribution < -0.4 is 9.64 Å². The van der Waals surface area contributed by atoms with Gasteiger partial charge in [-0.25, -0.2) is 0 Å². The molecule has 0 N–H and O–H groups in total. The molecule has 1 rings (SSSR count). The number of benzene rings is 1. The van der Waals surface area contributed by atoms with Gasteiger partial charge in [-0.05, 0) is 19.1 Å². The fraction of sp³-hybridized carbons (Fsp3) is 0.308. The van der Waals surface area contributed by atoms with Crippen LogP contribution in [-0.2, 0) is 0 Å². The van der Waals surface area contributed by atoms with Gasteiger partial charge in [-0.3, -0.25) is 4.79 Å². The van der Waals surface area contributed by atoms with E-state index in [1.165, 1.54) is 14.0 Å². The highest BCUT2D eigenvalue weighted by Gasteiger charge is 2.18. The standard InChI is InChI=1S/C13H13N3O2/c1-10(17)13-11(4-3-5-12(13)18-2)16(8-6-14)9-7-15/h3-5H,8-9H2,1-2H3. The van der Waals surface area contributed by atoms with Crippen molar-refractivity contribution in [1.29, 1.82) is 10.5 Å². The van der Waals surface area contributed by atoms with E-state index in [0.717, 1.165) is 0 Å². The molecular weight excluding hydrogens is 230 g/mol. The number of hydrogen-bond donors (Lipinski definition) is 0. The molecule has 0 heterocycles. The van der Waals surface area contributed by atoms with E-state index >= 15 is 0 Å². The number of carbonyl (C=O) groups is 1. The maximum atomic E-state index is 11.7. The van der Waals surface area contributed by atoms with Gasteiger partial charge < -0.3 is 9.64 Å². The van der Waals surface area contributed by atoms with Gasteiger partial charge in [-0.2, -0.15) is 10.5 Å². The summed E-state index contributed by atoms with van der Waals surface area (Å²) < 4.78 is 5.14. The van der Waals surface area contributed by atoms with Crippen molar-refractivity contribution >= 4 is 11.5 Å². The zero-order chi connectivity index (χ0) is 13.5. The van der Waals surface area contributed by atoms with E-state index in [-0.39, 0.29) is 18.9 Å². The van der Waals surface area contributed by atoms with Gasteiger partial charge in [-0.15, -0.1) is 0 Å². The number of rotatable bonds is 5. The number of nitrogens with zero attached hydrogens (tertiary/aromatic N) is 3. The second kappa shape index (κ2) is 6.27. The minimum Gasteiger partial charge on any atom is -0.496 e. The molecule has 0 saturated heterocycles. The Morgan fingerprint density at radius 3 is 2.39 bits per heavy atom. The number of Topliss-reactive ketones (excluding diaryl/α,β-unsaturated/α-hetero) is 1. The second-order valence-corrected chi connectivity index (χ2v) is 3.58. The average molecular weight is 243 g/mol. The van der Waals surface area contributed by atoms with Gasteiger partial charge in [0, 0.05) is 0 Å². The highest BCUT2D eigenvalue weighted by atomic mass is 16.5. The first-order chi connectivity index (χ1) is 8.65. The van der Waals surface area contributed by atoms with Gasteiger partial charge in [0.1, 0.15) is 18.8 Å². The molecule has 92 valence electrons. The van der Waals surface area contributed by atoms with E-state index in [1.54, 1.807) is 23.1 Å². The molecular formula is C13H13N3O2. The first kappa shape index (κ1) is 13.5. The molecule has 5 nitrogen and oxygen atoms in total. The van der Waals surface area contributed by atoms with E-state index in [9.17, 15) is 4.79 Å². The quantitative estimate of drug-likeness (QED) is 0.581. The third-order valence-electron chi connectivity index (χ3n) is 2.44. The molecule has 0 aliphatic heterocycles. The monoisotopic (exact) mass is 243 g/mol. The lowest BCUT2D eigenvalue weighted by atomic mass is 10.1. The van der Waals surface area contributed by atoms with E-state index < -0.39 is 0 Å². The van der Waals surface area contributed by atoms with Gasteiger partial charge >= 0.3 is 0 Å². The third kappa shape index (κ3) is 2.78. The van der Waals surface area contributed by atoms with Crippen LogP contribution in [0.3, 0.4) is 0 Å². The molecule has 0 radical (unpaired) electrons. The number of carbonyl (C=O) groups excluding carboxylic acids is 1. The highest BCUT2D eigenvalue weighted by Crippen LogP contribution is 2.29. The number of nitriles is 2. The summed E-state index contributed by atoms with van der Waals surface area (Å²) in [6.07, 6.45) is 0. The van der Waals surface area contributed by atoms with Crippen molar-refractivity contribution in [2.75, 3.05) is 25.1 Å². The SMILES string of the molecule is COc1cccc(N(CC#N)CC#N)c1C(C)=O. The molecule has 1 aromatic rings. The van der Waals surface area contributed by atoms with Gasteiger partial charge in [0.05, 0.1) is 30.5 Å². The summed E-state index contributed by atoms with van der Waals surface area (Å²) in [7, 11) is 1.48. The second-order valence-electron chi connectivity index (χ2n) is 3.58. The Kier molecular flexibility index (Phi) is 4.71. The summed E-state index contributed by atoms with van der Waals surface area (Å²) in [6, 6.07) is 9.06. The molecule has 0 aromatic heterocycles. The normalized spacial score (nSPS) is 9.11. The highest BCUT2D eigenvalue weighted by molar-refractivity contribution is 6.02. The first-order valence-corrected chi connectivity index (χ1v) is 5.32. The van der Waals surface area contributed by atoms with Crippen LogP contribution in [0.5, 0.6) is 5.75 Å². The smallest absolute Gasteiger partial charge is 0.165 e. The Balaban J connectivity index is 3.34. The molecule has 0 spiro atoms. The van der Waals surface area contributed by atoms with Crippen molar-refractivity contribution in [2.45, 2.75) is 6.92 Å². The molecule has 1 aromatic carbocycles. The summed E-state index contributed by atoms with van der Waals surface area (Å²) in [4.78, 5) is 13.2. The Bertz CT molecular complexity index is 510. The Hall–Kier alpha value is -2.53. The Labute approximate surface area is 106 Å². The van der Waals surface area contributed by atoms with Gasteiger partial charge in [0.2, 0.25) is 0 Å². The van der Waals surface area contributed by atoms with Crippen molar-refractivity contribution in [2.24, 2.45) is 0 Å². The fourth-order valence-electron chi connectivity index (χ4n) is 1.70. The first-order valence-electron chi connectivity index (χ1n) is 5.32. The zero-order valence-electron chi connectivity index (χ0n) is 10.3. The largest absolute Gasteiger partial charge is 0.496 e. The summed E-state index contributed by atoms with van der Waals surface area (Å²) in [5.41, 5.74) is 0.940. The van der Waals surface area contributed by atoms with Crippen molar-refractivity contribution in [3.8, 4) is 17.9 Å². The lowest BCUT2D eigenvalue weighted by Gasteiger charge is -2.22. The van der Waals surface area contributed by atoms with Crippen LogP contribution in [0.2, 0.25) is 0 Å². The van der Waals surface area contributed by atoms with Crippen LogP contribution in [0.4, 0.5) is 5.69 Å². The minimum absolute atomic E-state index is 0.0427. The topological polar surface area (TPSA) is 77.1 Å². The predicted molar refractivity (Wildman–Crippen MR) is 66.4 cm³/mol. The summed E-state index contributed by atoms with van der Waals surface area (Å²) >= 11 is 0. The molecule has 0 amide bonds. The summed E-state index contributed by atoms with van der Waals surface area (Å²) in [6.45, 7) is 1.51. The maximum Gasteiger partial charge on any atom is 0.165 e. The Morgan fingerprint density at radius 1 is 1.33 bits per heavy atom. The molecule has 0 atom stereocenters. The summed E-state index contributed by atoms with van der Waals surface area (Å²) in [5.74, 6) is 0.282. The number of ketones is 1. The van der Waals surface area contributed by atoms with E-state index in [1.807, 2.05) is 12.1 Å². The van der Waals surface area contributed by atoms with Crippen molar-refractivity contribution in [3.05, 3.63) is 23.8 Å². The van der Waals surface area contributed by atoms with E-state index in [0.29, 0.717) is 17.0 Å². The number of anilines is 1. The van der Waals surface area contributed by atoms with Crippen molar-refractivity contribution in [1.82, 2.24) is 0 Å². The van der Waals surface area contributed by atoms with Crippen LogP contribution in [0.1, 0.15) is 17.3 Å². The van der Waals surface area contributed by atoms with Crippen molar-refractivity contribution < 1.29 is 9.53 Å². The van der Waals surface area contributed by atoms with Gasteiger partial charge in [-0.1, -0.05) is 6.07 Å². The third-order valence-corrected chi connectivity index (χ3v) is 2.44. The number of ether oxygens (including phenoxy) is 1. The molecule has 0 aliphatic rings. The molecule has 0 bridgehead atoms. The predicted octanol–water partition coefficient (Wildman–Crippen LogP) is 1.75. The minimum atomic E-state index is -0.164. The van der Waals surface area contributed by atoms with E-state index in [2.05, 4.69) is 0 Å². The zero-order valence-corrected chi connectivity index (χ0v) is 10.3. The number of hydrogen-bond acceptors (Lipinski definition) is 5. The molecule has 0 unspecified atom stereocenters. The van der Waals surface area contributed by atoms with Crippen LogP contribution in [-0.4, -0.2) is 26.0 Å². The van der Waals surface area contributed by atoms with Crippen LogP contribution in [0, 0.1) is 22.7 Å². The van der Waals surface area contributed by atoms with Crippen LogP contribution in [0.25, 0.3) is 0 Å². The summed E-state index contributed by atoms with van der Waals surface area (Å²) in [5, 5.41) is 17.5. The lowest BCUT2D eigenvalue weighted by molar-refractivity contribution is 0.101. The molecule has 0 aliphatic carbocycles. The van der Waals surface area contributed by atoms with Crippen molar-refractivity contribution in [3.63, 3.8) is 0 Å². The van der Waals surface area contributed by atoms with Gasteiger partial charge in [0.25, 0.3) is 0 Å². The Morgan fingerprint density at radius 2 is 1.94 bits per heavy atom. The molecule has 0 saturated carbocycles. The van der Waals surface area contributed by atoms with Crippen LogP contribution in [0.15, 0.2) is 18.2 Å². The van der Waals surface area contributed by atoms with E-state index in [4.69, 9.17) is 15.3 Å². The average Bonchev–Trinajstić information content (AvgIpc) is 2.37. The fourth-order valence-corrected chi connectivity index (χ4v) is 1.70. The molecule has 5 heteroatoms. The molecule has 0 fully saturated rings. The van der Waals surface area contributed by atoms with Gasteiger partial charge in [0.15, 0.2) is 5.78 Å². The number of methoxy groups -OCH3 is 1. The lowest BCUT2D eigenvalue weighted by Crippen LogP contribution is -2.25. The maximum absolute atomic E-state index is 11.7.